The molecule has 2 atom stereocenters. The minimum Gasteiger partial charge on any atom is -0.327 e. The zero-order valence-corrected chi connectivity index (χ0v) is 16.9. The molecule has 5 rings (SSSR count). The molecule has 0 aromatic heterocycles. The average molecular weight is 410 g/mol. The van der Waals surface area contributed by atoms with E-state index in [2.05, 4.69) is 10.2 Å². The van der Waals surface area contributed by atoms with Gasteiger partial charge >= 0.3 is 0 Å². The first-order valence-corrected chi connectivity index (χ1v) is 10.7. The maximum absolute atomic E-state index is 13.0. The van der Waals surface area contributed by atoms with Gasteiger partial charge in [0, 0.05) is 32.1 Å². The molecule has 1 spiro atoms. The quantitative estimate of drug-likeness (QED) is 0.713. The fourth-order valence-electron chi connectivity index (χ4n) is 5.44. The van der Waals surface area contributed by atoms with Crippen LogP contribution in [0.1, 0.15) is 64.8 Å². The normalized spacial score (nSPS) is 28.5. The Kier molecular flexibility index (Phi) is 4.52. The van der Waals surface area contributed by atoms with Crippen molar-refractivity contribution in [2.75, 3.05) is 13.1 Å². The molecule has 1 saturated carbocycles. The Morgan fingerprint density at radius 3 is 2.53 bits per heavy atom. The van der Waals surface area contributed by atoms with Crippen molar-refractivity contribution in [3.63, 3.8) is 0 Å². The molecule has 1 aromatic carbocycles. The fourth-order valence-corrected chi connectivity index (χ4v) is 5.44. The molecule has 8 nitrogen and oxygen atoms in total. The van der Waals surface area contributed by atoms with E-state index in [9.17, 15) is 19.2 Å². The zero-order chi connectivity index (χ0) is 21.0. The van der Waals surface area contributed by atoms with E-state index in [1.54, 1.807) is 12.1 Å². The predicted molar refractivity (Wildman–Crippen MR) is 107 cm³/mol. The number of nitrogens with two attached hydrogens (primary N) is 1. The molecule has 0 radical (unpaired) electrons. The number of nitrogens with one attached hydrogen (secondary N) is 1. The molecule has 30 heavy (non-hydrogen) atoms. The molecule has 4 amide bonds. The highest BCUT2D eigenvalue weighted by Gasteiger charge is 2.46. The zero-order valence-electron chi connectivity index (χ0n) is 16.9. The molecule has 0 bridgehead atoms. The van der Waals surface area contributed by atoms with Crippen LogP contribution in [0.15, 0.2) is 18.2 Å². The lowest BCUT2D eigenvalue weighted by molar-refractivity contribution is -0.136. The number of hydrogen-bond donors (Lipinski definition) is 2. The van der Waals surface area contributed by atoms with Gasteiger partial charge in [-0.3, -0.25) is 34.3 Å². The summed E-state index contributed by atoms with van der Waals surface area (Å²) >= 11 is 0. The van der Waals surface area contributed by atoms with E-state index < -0.39 is 23.8 Å². The predicted octanol–water partition coefficient (Wildman–Crippen LogP) is 0.791. The van der Waals surface area contributed by atoms with Crippen LogP contribution in [0.25, 0.3) is 0 Å². The number of amides is 4. The van der Waals surface area contributed by atoms with Crippen LogP contribution in [-0.2, 0) is 16.1 Å². The van der Waals surface area contributed by atoms with Gasteiger partial charge in [0.1, 0.15) is 6.04 Å². The first-order valence-electron chi connectivity index (χ1n) is 10.7. The van der Waals surface area contributed by atoms with Crippen molar-refractivity contribution in [3.05, 3.63) is 34.9 Å². The smallest absolute Gasteiger partial charge is 0.262 e. The van der Waals surface area contributed by atoms with Crippen molar-refractivity contribution in [1.29, 1.82) is 0 Å². The van der Waals surface area contributed by atoms with Crippen LogP contribution < -0.4 is 11.1 Å². The number of carbonyl (C=O) groups excluding carboxylic acids is 4. The van der Waals surface area contributed by atoms with E-state index in [0.717, 1.165) is 30.0 Å². The molecule has 3 aliphatic heterocycles. The second-order valence-corrected chi connectivity index (χ2v) is 9.15. The first-order chi connectivity index (χ1) is 14.4. The molecular formula is C22H26N4O4. The first kappa shape index (κ1) is 19.4. The van der Waals surface area contributed by atoms with Crippen LogP contribution in [0.4, 0.5) is 0 Å². The second kappa shape index (κ2) is 6.99. The third-order valence-electron chi connectivity index (χ3n) is 7.34. The third kappa shape index (κ3) is 2.97. The second-order valence-electron chi connectivity index (χ2n) is 9.15. The lowest BCUT2D eigenvalue weighted by Gasteiger charge is -2.52. The van der Waals surface area contributed by atoms with Crippen LogP contribution in [0, 0.1) is 5.41 Å². The number of fused-ring (bicyclic) bond motifs is 1. The molecule has 1 aromatic rings. The van der Waals surface area contributed by atoms with Crippen molar-refractivity contribution in [2.45, 2.75) is 57.2 Å². The molecule has 2 unspecified atom stereocenters. The van der Waals surface area contributed by atoms with Gasteiger partial charge in [-0.2, -0.15) is 0 Å². The van der Waals surface area contributed by atoms with Gasteiger partial charge < -0.3 is 5.73 Å². The van der Waals surface area contributed by atoms with Crippen molar-refractivity contribution in [3.8, 4) is 0 Å². The minimum absolute atomic E-state index is 0.119. The Hall–Kier alpha value is -2.58. The number of piperidine rings is 2. The molecule has 8 heteroatoms. The van der Waals surface area contributed by atoms with Crippen LogP contribution in [0.3, 0.4) is 0 Å². The van der Waals surface area contributed by atoms with Gasteiger partial charge in [0.05, 0.1) is 11.1 Å². The highest BCUT2D eigenvalue weighted by molar-refractivity contribution is 6.23. The topological polar surface area (TPSA) is 113 Å². The van der Waals surface area contributed by atoms with Gasteiger partial charge in [-0.25, -0.2) is 0 Å². The largest absolute Gasteiger partial charge is 0.327 e. The molecule has 3 fully saturated rings. The van der Waals surface area contributed by atoms with E-state index in [0.29, 0.717) is 17.7 Å². The number of imide groups is 2. The number of nitrogens with zero attached hydrogens (tertiary/aromatic N) is 2. The monoisotopic (exact) mass is 410 g/mol. The van der Waals surface area contributed by atoms with Gasteiger partial charge in [0.15, 0.2) is 0 Å². The third-order valence-corrected chi connectivity index (χ3v) is 7.34. The summed E-state index contributed by atoms with van der Waals surface area (Å²) in [6.07, 6.45) is 4.87. The maximum Gasteiger partial charge on any atom is 0.262 e. The summed E-state index contributed by atoms with van der Waals surface area (Å²) in [5.74, 6) is -1.88. The average Bonchev–Trinajstić information content (AvgIpc) is 2.93. The van der Waals surface area contributed by atoms with E-state index in [1.165, 1.54) is 19.3 Å². The minimum atomic E-state index is -0.930. The van der Waals surface area contributed by atoms with Gasteiger partial charge in [-0.1, -0.05) is 12.5 Å². The van der Waals surface area contributed by atoms with Crippen LogP contribution in [-0.4, -0.2) is 58.6 Å². The number of likely N-dealkylation sites (tertiary alicyclic amines) is 1. The van der Waals surface area contributed by atoms with E-state index in [4.69, 9.17) is 5.73 Å². The molecule has 2 saturated heterocycles. The fraction of sp³-hybridized carbons (Fsp3) is 0.545. The summed E-state index contributed by atoms with van der Waals surface area (Å²) in [6, 6.07) is 4.69. The summed E-state index contributed by atoms with van der Waals surface area (Å²) < 4.78 is 0. The van der Waals surface area contributed by atoms with Gasteiger partial charge in [-0.05, 0) is 48.8 Å². The summed E-state index contributed by atoms with van der Waals surface area (Å²) in [6.45, 7) is 2.61. The van der Waals surface area contributed by atoms with Crippen molar-refractivity contribution >= 4 is 23.6 Å². The Labute approximate surface area is 174 Å². The summed E-state index contributed by atoms with van der Waals surface area (Å²) in [5, 5.41) is 2.22. The molecule has 3 N–H and O–H groups in total. The van der Waals surface area contributed by atoms with E-state index in [1.807, 2.05) is 6.07 Å². The SMILES string of the molecule is NC1CCN(Cc2ccc3c(c2)C(=O)N(C2CCC(=O)NC2=O)C3=O)CC12CCC2. The lowest BCUT2D eigenvalue weighted by Crippen LogP contribution is -2.58. The van der Waals surface area contributed by atoms with Crippen molar-refractivity contribution < 1.29 is 19.2 Å². The van der Waals surface area contributed by atoms with Gasteiger partial charge in [-0.15, -0.1) is 0 Å². The molecular weight excluding hydrogens is 384 g/mol. The van der Waals surface area contributed by atoms with E-state index in [-0.39, 0.29) is 30.2 Å². The molecule has 158 valence electrons. The Balaban J connectivity index is 1.34. The standard InChI is InChI=1S/C22H26N4O4/c23-17-6-9-25(12-22(17)7-1-8-22)11-13-2-3-14-15(10-13)21(30)26(20(14)29)16-4-5-18(27)24-19(16)28/h2-3,10,16-17H,1,4-9,11-12,23H2,(H,24,27,28). The number of carbonyl (C=O) groups is 4. The van der Waals surface area contributed by atoms with Crippen molar-refractivity contribution in [2.24, 2.45) is 11.1 Å². The van der Waals surface area contributed by atoms with Crippen LogP contribution >= 0.6 is 0 Å². The van der Waals surface area contributed by atoms with Crippen molar-refractivity contribution in [1.82, 2.24) is 15.1 Å². The highest BCUT2D eigenvalue weighted by Crippen LogP contribution is 2.47. The Morgan fingerprint density at radius 1 is 1.07 bits per heavy atom. The van der Waals surface area contributed by atoms with Gasteiger partial charge in [0.25, 0.3) is 11.8 Å². The summed E-state index contributed by atoms with van der Waals surface area (Å²) in [7, 11) is 0. The lowest BCUT2D eigenvalue weighted by atomic mass is 9.61. The maximum atomic E-state index is 13.0. The highest BCUT2D eigenvalue weighted by atomic mass is 16.2. The number of benzene rings is 1. The van der Waals surface area contributed by atoms with Crippen LogP contribution in [0.5, 0.6) is 0 Å². The Bertz CT molecular complexity index is 954. The molecule has 4 aliphatic rings. The number of rotatable bonds is 3. The molecule has 1 aliphatic carbocycles. The summed E-state index contributed by atoms with van der Waals surface area (Å²) in [5.41, 5.74) is 8.26. The Morgan fingerprint density at radius 2 is 1.83 bits per heavy atom. The summed E-state index contributed by atoms with van der Waals surface area (Å²) in [4.78, 5) is 52.8. The molecule has 3 heterocycles. The number of hydrogen-bond acceptors (Lipinski definition) is 6. The van der Waals surface area contributed by atoms with Crippen LogP contribution in [0.2, 0.25) is 0 Å². The van der Waals surface area contributed by atoms with Gasteiger partial charge in [0.2, 0.25) is 11.8 Å². The van der Waals surface area contributed by atoms with E-state index >= 15 is 0 Å².